The van der Waals surface area contributed by atoms with Crippen LogP contribution in [0.25, 0.3) is 0 Å². The molecule has 0 N–H and O–H groups in total. The van der Waals surface area contributed by atoms with Crippen molar-refractivity contribution in [2.45, 2.75) is 25.2 Å². The Morgan fingerprint density at radius 2 is 1.93 bits per heavy atom. The number of hydrogen-bond donors (Lipinski definition) is 0. The third kappa shape index (κ3) is 5.97. The number of amides is 1. The molecule has 1 aromatic carbocycles. The Morgan fingerprint density at radius 1 is 1.28 bits per heavy atom. The Bertz CT molecular complexity index is 837. The highest BCUT2D eigenvalue weighted by molar-refractivity contribution is 7.89. The average Bonchev–Trinajstić information content (AvgIpc) is 2.70. The van der Waals surface area contributed by atoms with E-state index in [4.69, 9.17) is 4.74 Å². The molecule has 0 saturated carbocycles. The van der Waals surface area contributed by atoms with Crippen LogP contribution in [-0.4, -0.2) is 76.0 Å². The quantitative estimate of drug-likeness (QED) is 0.581. The highest BCUT2D eigenvalue weighted by atomic mass is 32.2. The lowest BCUT2D eigenvalue weighted by atomic mass is 10.1. The van der Waals surface area contributed by atoms with Gasteiger partial charge in [-0.2, -0.15) is 4.31 Å². The number of rotatable bonds is 8. The Kier molecular flexibility index (Phi) is 8.12. The van der Waals surface area contributed by atoms with Crippen LogP contribution in [0, 0.1) is 11.7 Å². The second-order valence-corrected chi connectivity index (χ2v) is 9.07. The predicted molar refractivity (Wildman–Crippen MR) is 103 cm³/mol. The van der Waals surface area contributed by atoms with Gasteiger partial charge in [0.2, 0.25) is 10.0 Å². The summed E-state index contributed by atoms with van der Waals surface area (Å²) in [6.07, 6.45) is -0.0393. The van der Waals surface area contributed by atoms with Crippen molar-refractivity contribution in [1.29, 1.82) is 0 Å². The van der Waals surface area contributed by atoms with Crippen LogP contribution in [0.4, 0.5) is 4.39 Å². The fourth-order valence-electron chi connectivity index (χ4n) is 2.98. The van der Waals surface area contributed by atoms with Crippen LogP contribution in [0.3, 0.4) is 0 Å². The SMILES string of the molecule is COC(=O)CCN(CC(C)C)C(=O)c1cc(S(=O)(=O)N2CCOCC2)ccc1F. The van der Waals surface area contributed by atoms with Gasteiger partial charge in [-0.1, -0.05) is 13.8 Å². The average molecular weight is 430 g/mol. The molecule has 0 spiro atoms. The van der Waals surface area contributed by atoms with E-state index in [2.05, 4.69) is 4.74 Å². The normalized spacial score (nSPS) is 15.3. The zero-order chi connectivity index (χ0) is 21.6. The van der Waals surface area contributed by atoms with E-state index in [9.17, 15) is 22.4 Å². The number of ether oxygens (including phenoxy) is 2. The summed E-state index contributed by atoms with van der Waals surface area (Å²) >= 11 is 0. The lowest BCUT2D eigenvalue weighted by Crippen LogP contribution is -2.41. The number of hydrogen-bond acceptors (Lipinski definition) is 6. The number of sulfonamides is 1. The van der Waals surface area contributed by atoms with E-state index in [1.807, 2.05) is 13.8 Å². The summed E-state index contributed by atoms with van der Waals surface area (Å²) in [6.45, 7) is 5.05. The first kappa shape index (κ1) is 23.2. The number of esters is 1. The largest absolute Gasteiger partial charge is 0.469 e. The van der Waals surface area contributed by atoms with E-state index in [-0.39, 0.29) is 62.2 Å². The molecule has 29 heavy (non-hydrogen) atoms. The summed E-state index contributed by atoms with van der Waals surface area (Å²) in [5.41, 5.74) is -0.343. The number of carbonyl (C=O) groups is 2. The molecule has 162 valence electrons. The van der Waals surface area contributed by atoms with E-state index in [0.29, 0.717) is 0 Å². The lowest BCUT2D eigenvalue weighted by molar-refractivity contribution is -0.140. The number of carbonyl (C=O) groups excluding carboxylic acids is 2. The van der Waals surface area contributed by atoms with Gasteiger partial charge in [0.1, 0.15) is 5.82 Å². The molecule has 1 amide bonds. The molecule has 0 aliphatic carbocycles. The minimum absolute atomic E-state index is 0.0393. The van der Waals surface area contributed by atoms with Gasteiger partial charge in [0, 0.05) is 26.2 Å². The second-order valence-electron chi connectivity index (χ2n) is 7.13. The van der Waals surface area contributed by atoms with Gasteiger partial charge < -0.3 is 14.4 Å². The van der Waals surface area contributed by atoms with Crippen molar-refractivity contribution in [2.24, 2.45) is 5.92 Å². The number of benzene rings is 1. The summed E-state index contributed by atoms with van der Waals surface area (Å²) < 4.78 is 51.1. The van der Waals surface area contributed by atoms with Crippen LogP contribution in [-0.2, 0) is 24.3 Å². The smallest absolute Gasteiger partial charge is 0.307 e. The van der Waals surface area contributed by atoms with Crippen LogP contribution < -0.4 is 0 Å². The summed E-state index contributed by atoms with van der Waals surface area (Å²) in [5, 5.41) is 0. The summed E-state index contributed by atoms with van der Waals surface area (Å²) in [7, 11) is -2.62. The second kappa shape index (κ2) is 10.1. The van der Waals surface area contributed by atoms with E-state index in [1.165, 1.54) is 16.3 Å². The van der Waals surface area contributed by atoms with Crippen molar-refractivity contribution in [3.8, 4) is 0 Å². The van der Waals surface area contributed by atoms with Crippen LogP contribution in [0.1, 0.15) is 30.6 Å². The summed E-state index contributed by atoms with van der Waals surface area (Å²) in [6, 6.07) is 3.19. The zero-order valence-electron chi connectivity index (χ0n) is 16.9. The van der Waals surface area contributed by atoms with Gasteiger partial charge in [-0.3, -0.25) is 9.59 Å². The van der Waals surface area contributed by atoms with E-state index in [0.717, 1.165) is 18.2 Å². The molecule has 1 heterocycles. The standard InChI is InChI=1S/C19H27FN2O6S/c1-14(2)13-21(7-6-18(23)27-3)19(24)16-12-15(4-5-17(16)20)29(25,26)22-8-10-28-11-9-22/h4-5,12,14H,6-11,13H2,1-3H3. The first-order valence-electron chi connectivity index (χ1n) is 9.40. The minimum Gasteiger partial charge on any atom is -0.469 e. The van der Waals surface area contributed by atoms with E-state index < -0.39 is 27.7 Å². The molecule has 0 atom stereocenters. The summed E-state index contributed by atoms with van der Waals surface area (Å²) in [4.78, 5) is 25.6. The fraction of sp³-hybridized carbons (Fsp3) is 0.579. The Hall–Kier alpha value is -2.04. The molecule has 0 radical (unpaired) electrons. The molecule has 8 nitrogen and oxygen atoms in total. The molecule has 0 unspecified atom stereocenters. The maximum absolute atomic E-state index is 14.4. The fourth-order valence-corrected chi connectivity index (χ4v) is 4.41. The van der Waals surface area contributed by atoms with Crippen LogP contribution in [0.2, 0.25) is 0 Å². The number of nitrogens with zero attached hydrogens (tertiary/aromatic N) is 2. The first-order valence-corrected chi connectivity index (χ1v) is 10.8. The van der Waals surface area contributed by atoms with Gasteiger partial charge in [-0.05, 0) is 24.1 Å². The highest BCUT2D eigenvalue weighted by Crippen LogP contribution is 2.22. The number of methoxy groups -OCH3 is 1. The zero-order valence-corrected chi connectivity index (χ0v) is 17.7. The Balaban J connectivity index is 2.32. The van der Waals surface area contributed by atoms with Gasteiger partial charge >= 0.3 is 5.97 Å². The van der Waals surface area contributed by atoms with Crippen LogP contribution >= 0.6 is 0 Å². The Morgan fingerprint density at radius 3 is 2.52 bits per heavy atom. The molecule has 0 aromatic heterocycles. The molecule has 10 heteroatoms. The van der Waals surface area contributed by atoms with Crippen molar-refractivity contribution in [2.75, 3.05) is 46.5 Å². The maximum atomic E-state index is 14.4. The predicted octanol–water partition coefficient (Wildman–Crippen LogP) is 1.51. The van der Waals surface area contributed by atoms with E-state index in [1.54, 1.807) is 0 Å². The van der Waals surface area contributed by atoms with Crippen molar-refractivity contribution in [3.63, 3.8) is 0 Å². The molecule has 1 fully saturated rings. The third-order valence-corrected chi connectivity index (χ3v) is 6.36. The van der Waals surface area contributed by atoms with Crippen molar-refractivity contribution in [3.05, 3.63) is 29.6 Å². The molecule has 1 aromatic rings. The Labute approximate surface area is 170 Å². The number of morpholine rings is 1. The minimum atomic E-state index is -3.87. The molecule has 0 bridgehead atoms. The number of halogens is 1. The van der Waals surface area contributed by atoms with Crippen molar-refractivity contribution >= 4 is 21.9 Å². The molecule has 2 rings (SSSR count). The van der Waals surface area contributed by atoms with Gasteiger partial charge in [-0.25, -0.2) is 12.8 Å². The van der Waals surface area contributed by atoms with Gasteiger partial charge in [0.15, 0.2) is 0 Å². The maximum Gasteiger partial charge on any atom is 0.307 e. The molecule has 1 saturated heterocycles. The highest BCUT2D eigenvalue weighted by Gasteiger charge is 2.29. The van der Waals surface area contributed by atoms with Crippen LogP contribution in [0.15, 0.2) is 23.1 Å². The van der Waals surface area contributed by atoms with Gasteiger partial charge in [0.05, 0.1) is 37.2 Å². The van der Waals surface area contributed by atoms with Crippen LogP contribution in [0.5, 0.6) is 0 Å². The summed E-state index contributed by atoms with van der Waals surface area (Å²) in [5.74, 6) is -1.91. The van der Waals surface area contributed by atoms with Crippen molar-refractivity contribution < 1.29 is 31.9 Å². The van der Waals surface area contributed by atoms with Crippen molar-refractivity contribution in [1.82, 2.24) is 9.21 Å². The monoisotopic (exact) mass is 430 g/mol. The molecular formula is C19H27FN2O6S. The molecule has 1 aliphatic heterocycles. The lowest BCUT2D eigenvalue weighted by Gasteiger charge is -2.27. The van der Waals surface area contributed by atoms with E-state index >= 15 is 0 Å². The molecule has 1 aliphatic rings. The van der Waals surface area contributed by atoms with Gasteiger partial charge in [0.25, 0.3) is 5.91 Å². The van der Waals surface area contributed by atoms with Gasteiger partial charge in [-0.15, -0.1) is 0 Å². The first-order chi connectivity index (χ1) is 13.7. The topological polar surface area (TPSA) is 93.2 Å². The third-order valence-electron chi connectivity index (χ3n) is 4.46. The molecular weight excluding hydrogens is 403 g/mol.